The maximum absolute atomic E-state index is 12.6. The molecule has 1 aromatic heterocycles. The van der Waals surface area contributed by atoms with Gasteiger partial charge in [-0.05, 0) is 25.1 Å². The van der Waals surface area contributed by atoms with Crippen LogP contribution in [0.5, 0.6) is 5.88 Å². The van der Waals surface area contributed by atoms with Crippen molar-refractivity contribution in [2.75, 3.05) is 19.7 Å². The Labute approximate surface area is 97.0 Å². The van der Waals surface area contributed by atoms with E-state index in [0.717, 1.165) is 25.6 Å². The van der Waals surface area contributed by atoms with Crippen LogP contribution in [0.3, 0.4) is 0 Å². The molecule has 0 aliphatic carbocycles. The molecule has 1 atom stereocenters. The third kappa shape index (κ3) is 3.09. The zero-order valence-electron chi connectivity index (χ0n) is 9.13. The van der Waals surface area contributed by atoms with Gasteiger partial charge in [-0.3, -0.25) is 0 Å². The lowest BCUT2D eigenvalue weighted by Gasteiger charge is -2.14. The van der Waals surface area contributed by atoms with Gasteiger partial charge in [-0.15, -0.1) is 0 Å². The van der Waals surface area contributed by atoms with E-state index in [-0.39, 0.29) is 18.4 Å². The van der Waals surface area contributed by atoms with Crippen molar-refractivity contribution < 1.29 is 17.9 Å². The molecule has 0 spiro atoms. The van der Waals surface area contributed by atoms with E-state index in [2.05, 4.69) is 10.3 Å². The minimum atomic E-state index is -4.42. The number of alkyl halides is 3. The van der Waals surface area contributed by atoms with E-state index in [1.165, 1.54) is 12.3 Å². The molecular weight excluding hydrogens is 233 g/mol. The SMILES string of the molecule is FC(F)(F)c1cccnc1OCC1CCNC1. The zero-order chi connectivity index (χ0) is 12.3. The molecule has 2 heterocycles. The summed E-state index contributed by atoms with van der Waals surface area (Å²) in [4.78, 5) is 3.64. The Morgan fingerprint density at radius 2 is 2.29 bits per heavy atom. The second kappa shape index (κ2) is 4.91. The Hall–Kier alpha value is -1.30. The molecule has 2 rings (SSSR count). The molecule has 1 saturated heterocycles. The summed E-state index contributed by atoms with van der Waals surface area (Å²) >= 11 is 0. The summed E-state index contributed by atoms with van der Waals surface area (Å²) < 4.78 is 43.0. The van der Waals surface area contributed by atoms with E-state index in [9.17, 15) is 13.2 Å². The van der Waals surface area contributed by atoms with Crippen LogP contribution in [0.2, 0.25) is 0 Å². The molecule has 94 valence electrons. The number of ether oxygens (including phenoxy) is 1. The van der Waals surface area contributed by atoms with E-state index in [0.29, 0.717) is 0 Å². The summed E-state index contributed by atoms with van der Waals surface area (Å²) in [7, 11) is 0. The van der Waals surface area contributed by atoms with E-state index in [1.54, 1.807) is 0 Å². The van der Waals surface area contributed by atoms with Gasteiger partial charge in [0.2, 0.25) is 5.88 Å². The maximum Gasteiger partial charge on any atom is 0.421 e. The van der Waals surface area contributed by atoms with E-state index >= 15 is 0 Å². The molecule has 0 amide bonds. The Morgan fingerprint density at radius 1 is 1.47 bits per heavy atom. The summed E-state index contributed by atoms with van der Waals surface area (Å²) in [5.74, 6) is -0.0648. The standard InChI is InChI=1S/C11H13F3N2O/c12-11(13,14)9-2-1-4-16-10(9)17-7-8-3-5-15-6-8/h1-2,4,8,15H,3,5-7H2. The van der Waals surface area contributed by atoms with Gasteiger partial charge in [0.15, 0.2) is 0 Å². The van der Waals surface area contributed by atoms with Gasteiger partial charge in [-0.1, -0.05) is 0 Å². The molecule has 1 aliphatic rings. The third-order valence-corrected chi connectivity index (χ3v) is 2.69. The summed E-state index contributed by atoms with van der Waals surface area (Å²) in [6.07, 6.45) is -2.19. The maximum atomic E-state index is 12.6. The molecule has 3 nitrogen and oxygen atoms in total. The molecule has 1 aromatic rings. The van der Waals surface area contributed by atoms with Crippen LogP contribution in [0.15, 0.2) is 18.3 Å². The predicted molar refractivity (Wildman–Crippen MR) is 55.7 cm³/mol. The Balaban J connectivity index is 2.04. The van der Waals surface area contributed by atoms with Crippen LogP contribution in [0, 0.1) is 5.92 Å². The quantitative estimate of drug-likeness (QED) is 0.886. The molecule has 1 unspecified atom stereocenters. The minimum absolute atomic E-state index is 0.262. The van der Waals surface area contributed by atoms with Crippen LogP contribution >= 0.6 is 0 Å². The highest BCUT2D eigenvalue weighted by atomic mass is 19.4. The van der Waals surface area contributed by atoms with Crippen LogP contribution in [0.4, 0.5) is 13.2 Å². The van der Waals surface area contributed by atoms with Gasteiger partial charge in [0, 0.05) is 18.7 Å². The molecule has 17 heavy (non-hydrogen) atoms. The highest BCUT2D eigenvalue weighted by Crippen LogP contribution is 2.34. The molecule has 0 radical (unpaired) electrons. The molecule has 1 fully saturated rings. The fourth-order valence-electron chi connectivity index (χ4n) is 1.78. The van der Waals surface area contributed by atoms with Gasteiger partial charge in [-0.2, -0.15) is 13.2 Å². The molecule has 0 bridgehead atoms. The third-order valence-electron chi connectivity index (χ3n) is 2.69. The van der Waals surface area contributed by atoms with Crippen LogP contribution in [0.1, 0.15) is 12.0 Å². The number of aromatic nitrogens is 1. The average molecular weight is 246 g/mol. The first kappa shape index (κ1) is 12.2. The normalized spacial score (nSPS) is 20.5. The molecule has 6 heteroatoms. The Bertz CT molecular complexity index is 375. The number of nitrogens with one attached hydrogen (secondary N) is 1. The fourth-order valence-corrected chi connectivity index (χ4v) is 1.78. The molecule has 0 aromatic carbocycles. The van der Waals surface area contributed by atoms with Crippen molar-refractivity contribution in [3.05, 3.63) is 23.9 Å². The second-order valence-corrected chi connectivity index (χ2v) is 4.02. The lowest BCUT2D eigenvalue weighted by molar-refractivity contribution is -0.139. The number of hydrogen-bond donors (Lipinski definition) is 1. The monoisotopic (exact) mass is 246 g/mol. The first-order valence-electron chi connectivity index (χ1n) is 5.43. The number of pyridine rings is 1. The number of hydrogen-bond acceptors (Lipinski definition) is 3. The number of halogens is 3. The van der Waals surface area contributed by atoms with E-state index < -0.39 is 11.7 Å². The number of nitrogens with zero attached hydrogens (tertiary/aromatic N) is 1. The molecule has 1 aliphatic heterocycles. The van der Waals surface area contributed by atoms with Crippen molar-refractivity contribution in [1.29, 1.82) is 0 Å². The van der Waals surface area contributed by atoms with Crippen LogP contribution in [-0.4, -0.2) is 24.7 Å². The average Bonchev–Trinajstić information content (AvgIpc) is 2.78. The van der Waals surface area contributed by atoms with Gasteiger partial charge < -0.3 is 10.1 Å². The molecular formula is C11H13F3N2O. The highest BCUT2D eigenvalue weighted by molar-refractivity contribution is 5.28. The van der Waals surface area contributed by atoms with Crippen molar-refractivity contribution in [2.24, 2.45) is 5.92 Å². The van der Waals surface area contributed by atoms with Crippen molar-refractivity contribution in [2.45, 2.75) is 12.6 Å². The van der Waals surface area contributed by atoms with Gasteiger partial charge in [-0.25, -0.2) is 4.98 Å². The Kier molecular flexibility index (Phi) is 3.51. The largest absolute Gasteiger partial charge is 0.477 e. The predicted octanol–water partition coefficient (Wildman–Crippen LogP) is 2.09. The van der Waals surface area contributed by atoms with Crippen LogP contribution in [-0.2, 0) is 6.18 Å². The van der Waals surface area contributed by atoms with Crippen molar-refractivity contribution in [3.63, 3.8) is 0 Å². The summed E-state index contributed by atoms with van der Waals surface area (Å²) in [6.45, 7) is 1.95. The fraction of sp³-hybridized carbons (Fsp3) is 0.545. The molecule has 0 saturated carbocycles. The summed E-state index contributed by atoms with van der Waals surface area (Å²) in [5, 5.41) is 3.13. The lowest BCUT2D eigenvalue weighted by atomic mass is 10.1. The smallest absolute Gasteiger partial charge is 0.421 e. The Morgan fingerprint density at radius 3 is 2.94 bits per heavy atom. The first-order chi connectivity index (χ1) is 8.07. The number of rotatable bonds is 3. The lowest BCUT2D eigenvalue weighted by Crippen LogP contribution is -2.17. The van der Waals surface area contributed by atoms with Crippen molar-refractivity contribution >= 4 is 0 Å². The minimum Gasteiger partial charge on any atom is -0.477 e. The molecule has 1 N–H and O–H groups in total. The van der Waals surface area contributed by atoms with Gasteiger partial charge in [0.05, 0.1) is 6.61 Å². The second-order valence-electron chi connectivity index (χ2n) is 4.02. The highest BCUT2D eigenvalue weighted by Gasteiger charge is 2.35. The topological polar surface area (TPSA) is 34.1 Å². The van der Waals surface area contributed by atoms with Gasteiger partial charge in [0.25, 0.3) is 0 Å². The van der Waals surface area contributed by atoms with E-state index in [1.807, 2.05) is 0 Å². The van der Waals surface area contributed by atoms with Gasteiger partial charge >= 0.3 is 6.18 Å². The zero-order valence-corrected chi connectivity index (χ0v) is 9.13. The summed E-state index contributed by atoms with van der Waals surface area (Å²) in [6, 6.07) is 2.24. The summed E-state index contributed by atoms with van der Waals surface area (Å²) in [5.41, 5.74) is -0.814. The van der Waals surface area contributed by atoms with Gasteiger partial charge in [0.1, 0.15) is 5.56 Å². The van der Waals surface area contributed by atoms with E-state index in [4.69, 9.17) is 4.74 Å². The van der Waals surface area contributed by atoms with Crippen molar-refractivity contribution in [3.8, 4) is 5.88 Å². The van der Waals surface area contributed by atoms with Crippen molar-refractivity contribution in [1.82, 2.24) is 10.3 Å². The van der Waals surface area contributed by atoms with Crippen LogP contribution in [0.25, 0.3) is 0 Å². The van der Waals surface area contributed by atoms with Crippen LogP contribution < -0.4 is 10.1 Å². The first-order valence-corrected chi connectivity index (χ1v) is 5.43.